The van der Waals surface area contributed by atoms with Gasteiger partial charge in [0.25, 0.3) is 0 Å². The number of carbonyl (C=O) groups is 1. The first kappa shape index (κ1) is 23.3. The Bertz CT molecular complexity index is 1300. The maximum Gasteiger partial charge on any atom is 0.404 e. The predicted octanol–water partition coefficient (Wildman–Crippen LogP) is 3.48. The quantitative estimate of drug-likeness (QED) is 0.438. The fourth-order valence-electron chi connectivity index (χ4n) is 5.67. The van der Waals surface area contributed by atoms with Crippen molar-refractivity contribution in [1.82, 2.24) is 24.8 Å². The number of nitrogens with one attached hydrogen (secondary N) is 2. The Morgan fingerprint density at radius 1 is 1.19 bits per heavy atom. The summed E-state index contributed by atoms with van der Waals surface area (Å²) in [5, 5.41) is 4.00. The normalized spacial score (nSPS) is 26.1. The van der Waals surface area contributed by atoms with Gasteiger partial charge in [0.1, 0.15) is 17.4 Å². The predicted molar refractivity (Wildman–Crippen MR) is 140 cm³/mol. The lowest BCUT2D eigenvalue weighted by atomic mass is 9.98. The highest BCUT2D eigenvalue weighted by atomic mass is 35.5. The number of anilines is 1. The zero-order chi connectivity index (χ0) is 24.8. The number of carbonyl (C=O) groups excluding carboxylic acids is 1. The first-order valence-corrected chi connectivity index (χ1v) is 12.8. The second-order valence-corrected chi connectivity index (χ2v) is 10.5. The first-order valence-electron chi connectivity index (χ1n) is 12.4. The molecule has 3 aliphatic rings. The standard InChI is InChI=1S/C26H30ClN7O2/c1-33-8-10-34(11-9-33)14-15-2-4-16(5-3-15)24-31-22-21(19(27)13-29-25(22)32-24)30-20-17-6-7-18(12-17)23(20)36-26(28)35/h2-7,13,17-18,20,23H,8-12,14H2,1H3,(H2,28,35)(H2,29,30,31,32)/t17-,18+,20+,23-/m0/s1. The van der Waals surface area contributed by atoms with Crippen LogP contribution >= 0.6 is 11.6 Å². The number of primary amides is 1. The molecule has 0 spiro atoms. The SMILES string of the molecule is CN1CCN(Cc2ccc(-c3nc4ncc(Cl)c(N[C@H]5[C@@H](OC(N)=O)[C@@H]6C=C[C@H]5C6)c4[nH]3)cc2)CC1. The van der Waals surface area contributed by atoms with Crippen molar-refractivity contribution < 1.29 is 9.53 Å². The molecule has 4 atom stereocenters. The number of amides is 1. The van der Waals surface area contributed by atoms with E-state index in [4.69, 9.17) is 27.1 Å². The van der Waals surface area contributed by atoms with Gasteiger partial charge in [-0.1, -0.05) is 48.0 Å². The molecular formula is C26H30ClN7O2. The third-order valence-electron chi connectivity index (χ3n) is 7.65. The summed E-state index contributed by atoms with van der Waals surface area (Å²) in [5.41, 5.74) is 9.62. The van der Waals surface area contributed by atoms with Crippen molar-refractivity contribution in [3.05, 3.63) is 53.2 Å². The molecule has 1 amide bonds. The number of piperazine rings is 1. The molecule has 1 saturated heterocycles. The number of likely N-dealkylation sites (N-methyl/N-ethyl adjacent to an activating group) is 1. The Balaban J connectivity index is 1.23. The number of fused-ring (bicyclic) bond motifs is 3. The van der Waals surface area contributed by atoms with Crippen LogP contribution in [0.15, 0.2) is 42.6 Å². The van der Waals surface area contributed by atoms with Gasteiger partial charge in [0.2, 0.25) is 0 Å². The molecule has 36 heavy (non-hydrogen) atoms. The van der Waals surface area contributed by atoms with Gasteiger partial charge in [-0.15, -0.1) is 0 Å². The van der Waals surface area contributed by atoms with Crippen LogP contribution in [0.2, 0.25) is 5.02 Å². The molecule has 6 rings (SSSR count). The second kappa shape index (κ2) is 9.38. The van der Waals surface area contributed by atoms with E-state index in [2.05, 4.69) is 68.5 Å². The number of aromatic nitrogens is 3. The third-order valence-corrected chi connectivity index (χ3v) is 7.94. The molecule has 0 unspecified atom stereocenters. The average Bonchev–Trinajstić information content (AvgIpc) is 3.58. The summed E-state index contributed by atoms with van der Waals surface area (Å²) in [4.78, 5) is 28.9. The van der Waals surface area contributed by atoms with E-state index in [9.17, 15) is 4.79 Å². The second-order valence-electron chi connectivity index (χ2n) is 10.1. The smallest absolute Gasteiger partial charge is 0.404 e. The van der Waals surface area contributed by atoms with Crippen molar-refractivity contribution in [3.8, 4) is 11.4 Å². The molecule has 2 fully saturated rings. The summed E-state index contributed by atoms with van der Waals surface area (Å²) < 4.78 is 5.46. The number of hydrogen-bond acceptors (Lipinski definition) is 7. The number of rotatable bonds is 6. The van der Waals surface area contributed by atoms with Crippen LogP contribution in [0, 0.1) is 11.8 Å². The number of halogens is 1. The lowest BCUT2D eigenvalue weighted by Crippen LogP contribution is -2.43. The van der Waals surface area contributed by atoms with Crippen LogP contribution in [0.5, 0.6) is 0 Å². The molecular weight excluding hydrogens is 478 g/mol. The summed E-state index contributed by atoms with van der Waals surface area (Å²) in [7, 11) is 2.17. The van der Waals surface area contributed by atoms with Crippen molar-refractivity contribution in [1.29, 1.82) is 0 Å². The minimum absolute atomic E-state index is 0.129. The molecule has 1 aliphatic heterocycles. The molecule has 9 nitrogen and oxygen atoms in total. The van der Waals surface area contributed by atoms with E-state index >= 15 is 0 Å². The van der Waals surface area contributed by atoms with Crippen molar-refractivity contribution in [3.63, 3.8) is 0 Å². The average molecular weight is 508 g/mol. The summed E-state index contributed by atoms with van der Waals surface area (Å²) in [6.45, 7) is 5.35. The number of pyridine rings is 1. The fourth-order valence-corrected chi connectivity index (χ4v) is 5.87. The zero-order valence-corrected chi connectivity index (χ0v) is 20.9. The van der Waals surface area contributed by atoms with Crippen LogP contribution in [0.25, 0.3) is 22.6 Å². The molecule has 4 N–H and O–H groups in total. The highest BCUT2D eigenvalue weighted by molar-refractivity contribution is 6.34. The molecule has 188 valence electrons. The Morgan fingerprint density at radius 3 is 2.69 bits per heavy atom. The van der Waals surface area contributed by atoms with Crippen LogP contribution < -0.4 is 11.1 Å². The van der Waals surface area contributed by atoms with Gasteiger partial charge < -0.3 is 25.7 Å². The minimum atomic E-state index is -0.765. The van der Waals surface area contributed by atoms with Crippen molar-refractivity contribution in [2.75, 3.05) is 38.5 Å². The van der Waals surface area contributed by atoms with Gasteiger partial charge in [-0.2, -0.15) is 0 Å². The van der Waals surface area contributed by atoms with Crippen LogP contribution in [-0.2, 0) is 11.3 Å². The Kier molecular flexibility index (Phi) is 6.07. The molecule has 3 heterocycles. The summed E-state index contributed by atoms with van der Waals surface area (Å²) in [5.74, 6) is 1.11. The maximum atomic E-state index is 11.5. The van der Waals surface area contributed by atoms with Gasteiger partial charge in [-0.3, -0.25) is 4.90 Å². The van der Waals surface area contributed by atoms with Crippen molar-refractivity contribution in [2.45, 2.75) is 25.1 Å². The molecule has 1 saturated carbocycles. The number of hydrogen-bond donors (Lipinski definition) is 3. The number of nitrogens with two attached hydrogens (primary N) is 1. The Hall–Kier alpha value is -3.14. The third kappa shape index (κ3) is 4.42. The zero-order valence-electron chi connectivity index (χ0n) is 20.2. The number of ether oxygens (including phenoxy) is 1. The topological polar surface area (TPSA) is 112 Å². The van der Waals surface area contributed by atoms with E-state index in [1.807, 2.05) is 0 Å². The molecule has 10 heteroatoms. The van der Waals surface area contributed by atoms with Crippen LogP contribution in [0.4, 0.5) is 10.5 Å². The number of nitrogens with zero attached hydrogens (tertiary/aromatic N) is 4. The minimum Gasteiger partial charge on any atom is -0.444 e. The fraction of sp³-hybridized carbons (Fsp3) is 0.423. The molecule has 2 aromatic heterocycles. The summed E-state index contributed by atoms with van der Waals surface area (Å²) in [6, 6.07) is 8.38. The summed E-state index contributed by atoms with van der Waals surface area (Å²) >= 11 is 6.58. The van der Waals surface area contributed by atoms with Gasteiger partial charge in [-0.25, -0.2) is 14.8 Å². The van der Waals surface area contributed by atoms with E-state index in [1.165, 1.54) is 5.56 Å². The van der Waals surface area contributed by atoms with Gasteiger partial charge in [0.15, 0.2) is 5.65 Å². The number of imidazole rings is 1. The van der Waals surface area contributed by atoms with Crippen LogP contribution in [0.3, 0.4) is 0 Å². The molecule has 0 radical (unpaired) electrons. The van der Waals surface area contributed by atoms with E-state index in [1.54, 1.807) is 6.20 Å². The highest BCUT2D eigenvalue weighted by Gasteiger charge is 2.47. The largest absolute Gasteiger partial charge is 0.444 e. The van der Waals surface area contributed by atoms with Gasteiger partial charge >= 0.3 is 6.09 Å². The number of benzene rings is 1. The highest BCUT2D eigenvalue weighted by Crippen LogP contribution is 2.44. The molecule has 2 bridgehead atoms. The number of aromatic amines is 1. The van der Waals surface area contributed by atoms with Gasteiger partial charge in [-0.05, 0) is 19.0 Å². The van der Waals surface area contributed by atoms with E-state index in [0.717, 1.165) is 56.0 Å². The Labute approximate surface area is 214 Å². The van der Waals surface area contributed by atoms with Crippen LogP contribution in [0.1, 0.15) is 12.0 Å². The van der Waals surface area contributed by atoms with E-state index < -0.39 is 6.09 Å². The first-order chi connectivity index (χ1) is 17.4. The lowest BCUT2D eigenvalue weighted by Gasteiger charge is -2.32. The monoisotopic (exact) mass is 507 g/mol. The van der Waals surface area contributed by atoms with Crippen molar-refractivity contribution >= 4 is 34.5 Å². The van der Waals surface area contributed by atoms with Gasteiger partial charge in [0, 0.05) is 50.1 Å². The van der Waals surface area contributed by atoms with E-state index in [-0.39, 0.29) is 24.0 Å². The van der Waals surface area contributed by atoms with Crippen molar-refractivity contribution in [2.24, 2.45) is 17.6 Å². The number of H-pyrrole nitrogens is 1. The lowest BCUT2D eigenvalue weighted by molar-refractivity contribution is 0.0854. The summed E-state index contributed by atoms with van der Waals surface area (Å²) in [6.07, 6.45) is 5.67. The molecule has 1 aromatic carbocycles. The maximum absolute atomic E-state index is 11.5. The Morgan fingerprint density at radius 2 is 1.94 bits per heavy atom. The van der Waals surface area contributed by atoms with Crippen LogP contribution in [-0.4, -0.2) is 76.2 Å². The van der Waals surface area contributed by atoms with E-state index in [0.29, 0.717) is 16.4 Å². The molecule has 2 aliphatic carbocycles. The van der Waals surface area contributed by atoms with Gasteiger partial charge in [0.05, 0.1) is 22.9 Å². The molecule has 3 aromatic rings.